The highest BCUT2D eigenvalue weighted by molar-refractivity contribution is 5.08. The summed E-state index contributed by atoms with van der Waals surface area (Å²) in [5.41, 5.74) is 6.55. The van der Waals surface area contributed by atoms with Crippen molar-refractivity contribution in [1.82, 2.24) is 9.97 Å². The van der Waals surface area contributed by atoms with Gasteiger partial charge >= 0.3 is 0 Å². The van der Waals surface area contributed by atoms with Gasteiger partial charge < -0.3 is 5.73 Å². The summed E-state index contributed by atoms with van der Waals surface area (Å²) in [6.07, 6.45) is 2.76. The molecule has 0 amide bonds. The van der Waals surface area contributed by atoms with Gasteiger partial charge in [-0.25, -0.2) is 9.97 Å². The third-order valence-electron chi connectivity index (χ3n) is 1.91. The summed E-state index contributed by atoms with van der Waals surface area (Å²) in [6, 6.07) is 1.95. The molecule has 0 aliphatic heterocycles. The number of nitrogens with zero attached hydrogens (tertiary/aromatic N) is 2. The highest BCUT2D eigenvalue weighted by Gasteiger charge is 2.17. The molecule has 1 rings (SSSR count). The van der Waals surface area contributed by atoms with Gasteiger partial charge in [0.15, 0.2) is 0 Å². The lowest BCUT2D eigenvalue weighted by Crippen LogP contribution is -2.31. The first-order valence-corrected chi connectivity index (χ1v) is 5.01. The number of rotatable bonds is 3. The molecular weight excluding hydrogens is 174 g/mol. The van der Waals surface area contributed by atoms with Crippen LogP contribution < -0.4 is 5.73 Å². The maximum Gasteiger partial charge on any atom is 0.147 e. The van der Waals surface area contributed by atoms with Gasteiger partial charge in [0.1, 0.15) is 5.82 Å². The Morgan fingerprint density at radius 3 is 2.57 bits per heavy atom. The lowest BCUT2D eigenvalue weighted by molar-refractivity contribution is 0.506. The van der Waals surface area contributed by atoms with Crippen LogP contribution >= 0.6 is 0 Å². The van der Waals surface area contributed by atoms with Crippen molar-refractivity contribution >= 4 is 0 Å². The van der Waals surface area contributed by atoms with Gasteiger partial charge in [0.2, 0.25) is 0 Å². The first-order valence-electron chi connectivity index (χ1n) is 5.01. The SMILES string of the molecule is CC(C)Cc1ccnc(C(C)(C)N)n1. The fraction of sp³-hybridized carbons (Fsp3) is 0.636. The Morgan fingerprint density at radius 2 is 2.07 bits per heavy atom. The van der Waals surface area contributed by atoms with E-state index < -0.39 is 5.54 Å². The van der Waals surface area contributed by atoms with Gasteiger partial charge in [-0.2, -0.15) is 0 Å². The van der Waals surface area contributed by atoms with Gasteiger partial charge in [-0.1, -0.05) is 13.8 Å². The molecule has 0 spiro atoms. The van der Waals surface area contributed by atoms with Crippen molar-refractivity contribution in [3.8, 4) is 0 Å². The normalized spacial score (nSPS) is 12.1. The molecule has 0 saturated heterocycles. The summed E-state index contributed by atoms with van der Waals surface area (Å²) in [4.78, 5) is 8.63. The fourth-order valence-electron chi connectivity index (χ4n) is 1.24. The van der Waals surface area contributed by atoms with Crippen molar-refractivity contribution < 1.29 is 0 Å². The largest absolute Gasteiger partial charge is 0.319 e. The van der Waals surface area contributed by atoms with Gasteiger partial charge in [-0.3, -0.25) is 0 Å². The first-order chi connectivity index (χ1) is 6.39. The smallest absolute Gasteiger partial charge is 0.147 e. The topological polar surface area (TPSA) is 51.8 Å². The number of aromatic nitrogens is 2. The van der Waals surface area contributed by atoms with Gasteiger partial charge in [0.25, 0.3) is 0 Å². The predicted octanol–water partition coefficient (Wildman–Crippen LogP) is 1.87. The molecule has 78 valence electrons. The van der Waals surface area contributed by atoms with E-state index in [4.69, 9.17) is 5.73 Å². The Bertz CT molecular complexity index is 300. The third-order valence-corrected chi connectivity index (χ3v) is 1.91. The molecule has 0 fully saturated rings. The zero-order valence-electron chi connectivity index (χ0n) is 9.41. The second kappa shape index (κ2) is 4.05. The van der Waals surface area contributed by atoms with Crippen molar-refractivity contribution in [1.29, 1.82) is 0 Å². The third kappa shape index (κ3) is 3.07. The molecule has 0 atom stereocenters. The zero-order chi connectivity index (χ0) is 10.8. The summed E-state index contributed by atoms with van der Waals surface area (Å²) < 4.78 is 0. The van der Waals surface area contributed by atoms with E-state index in [1.807, 2.05) is 19.9 Å². The minimum absolute atomic E-state index is 0.451. The van der Waals surface area contributed by atoms with Crippen LogP contribution in [-0.2, 0) is 12.0 Å². The van der Waals surface area contributed by atoms with E-state index in [2.05, 4.69) is 23.8 Å². The van der Waals surface area contributed by atoms with E-state index in [9.17, 15) is 0 Å². The predicted molar refractivity (Wildman–Crippen MR) is 57.8 cm³/mol. The van der Waals surface area contributed by atoms with Crippen LogP contribution in [0.3, 0.4) is 0 Å². The summed E-state index contributed by atoms with van der Waals surface area (Å²) in [5, 5.41) is 0. The van der Waals surface area contributed by atoms with Crippen LogP contribution in [-0.4, -0.2) is 9.97 Å². The van der Waals surface area contributed by atoms with Crippen LogP contribution in [0, 0.1) is 5.92 Å². The Labute approximate surface area is 85.8 Å². The van der Waals surface area contributed by atoms with E-state index in [1.165, 1.54) is 0 Å². The first kappa shape index (κ1) is 11.1. The molecule has 2 N–H and O–H groups in total. The van der Waals surface area contributed by atoms with E-state index >= 15 is 0 Å². The van der Waals surface area contributed by atoms with E-state index in [-0.39, 0.29) is 0 Å². The molecule has 0 bridgehead atoms. The van der Waals surface area contributed by atoms with Gasteiger partial charge in [-0.15, -0.1) is 0 Å². The molecule has 3 heteroatoms. The number of hydrogen-bond acceptors (Lipinski definition) is 3. The summed E-state index contributed by atoms with van der Waals surface area (Å²) >= 11 is 0. The lowest BCUT2D eigenvalue weighted by Gasteiger charge is -2.17. The average Bonchev–Trinajstić information content (AvgIpc) is 2.01. The van der Waals surface area contributed by atoms with Crippen molar-refractivity contribution in [3.05, 3.63) is 23.8 Å². The van der Waals surface area contributed by atoms with E-state index in [0.29, 0.717) is 5.92 Å². The van der Waals surface area contributed by atoms with E-state index in [1.54, 1.807) is 6.20 Å². The standard InChI is InChI=1S/C11H19N3/c1-8(2)7-9-5-6-13-10(14-9)11(3,4)12/h5-6,8H,7,12H2,1-4H3. The van der Waals surface area contributed by atoms with Crippen LogP contribution in [0.1, 0.15) is 39.2 Å². The summed E-state index contributed by atoms with van der Waals surface area (Å²) in [6.45, 7) is 8.19. The van der Waals surface area contributed by atoms with Crippen LogP contribution in [0.4, 0.5) is 0 Å². The van der Waals surface area contributed by atoms with Gasteiger partial charge in [0, 0.05) is 11.9 Å². The van der Waals surface area contributed by atoms with Gasteiger partial charge in [0.05, 0.1) is 5.54 Å². The van der Waals surface area contributed by atoms with Crippen molar-refractivity contribution in [2.75, 3.05) is 0 Å². The molecule has 0 unspecified atom stereocenters. The highest BCUT2D eigenvalue weighted by Crippen LogP contribution is 2.12. The molecule has 1 aromatic heterocycles. The monoisotopic (exact) mass is 193 g/mol. The maximum absolute atomic E-state index is 5.93. The highest BCUT2D eigenvalue weighted by atomic mass is 14.9. The zero-order valence-corrected chi connectivity index (χ0v) is 9.41. The van der Waals surface area contributed by atoms with Crippen LogP contribution in [0.25, 0.3) is 0 Å². The van der Waals surface area contributed by atoms with Crippen molar-refractivity contribution in [2.24, 2.45) is 11.7 Å². The second-order valence-electron chi connectivity index (χ2n) is 4.69. The second-order valence-corrected chi connectivity index (χ2v) is 4.69. The number of hydrogen-bond donors (Lipinski definition) is 1. The summed E-state index contributed by atoms with van der Waals surface area (Å²) in [5.74, 6) is 1.33. The molecule has 0 aliphatic carbocycles. The molecule has 14 heavy (non-hydrogen) atoms. The Hall–Kier alpha value is -0.960. The maximum atomic E-state index is 5.93. The lowest BCUT2D eigenvalue weighted by atomic mass is 10.0. The minimum Gasteiger partial charge on any atom is -0.319 e. The quantitative estimate of drug-likeness (QED) is 0.797. The van der Waals surface area contributed by atoms with Crippen molar-refractivity contribution in [3.63, 3.8) is 0 Å². The molecule has 3 nitrogen and oxygen atoms in total. The summed E-state index contributed by atoms with van der Waals surface area (Å²) in [7, 11) is 0. The van der Waals surface area contributed by atoms with Crippen LogP contribution in [0.2, 0.25) is 0 Å². The minimum atomic E-state index is -0.451. The Kier molecular flexibility index (Phi) is 3.21. The van der Waals surface area contributed by atoms with Crippen LogP contribution in [0.15, 0.2) is 12.3 Å². The van der Waals surface area contributed by atoms with E-state index in [0.717, 1.165) is 17.9 Å². The average molecular weight is 193 g/mol. The van der Waals surface area contributed by atoms with Crippen molar-refractivity contribution in [2.45, 2.75) is 39.7 Å². The van der Waals surface area contributed by atoms with Crippen LogP contribution in [0.5, 0.6) is 0 Å². The Balaban J connectivity index is 2.90. The molecule has 0 aromatic carbocycles. The molecule has 0 aliphatic rings. The molecule has 0 saturated carbocycles. The van der Waals surface area contributed by atoms with Gasteiger partial charge in [-0.05, 0) is 32.3 Å². The molecule has 1 aromatic rings. The number of nitrogens with two attached hydrogens (primary N) is 1. The molecular formula is C11H19N3. The molecule has 1 heterocycles. The molecule has 0 radical (unpaired) electrons. The Morgan fingerprint density at radius 1 is 1.43 bits per heavy atom. The fourth-order valence-corrected chi connectivity index (χ4v) is 1.24.